The lowest BCUT2D eigenvalue weighted by atomic mass is 9.84. The summed E-state index contributed by atoms with van der Waals surface area (Å²) in [4.78, 5) is 25.6. The van der Waals surface area contributed by atoms with Gasteiger partial charge in [0.1, 0.15) is 5.75 Å². The lowest BCUT2D eigenvalue weighted by Crippen LogP contribution is -2.35. The van der Waals surface area contributed by atoms with Gasteiger partial charge in [0.2, 0.25) is 5.91 Å². The van der Waals surface area contributed by atoms with E-state index in [2.05, 4.69) is 17.6 Å². The van der Waals surface area contributed by atoms with Crippen molar-refractivity contribution in [2.24, 2.45) is 11.8 Å². The van der Waals surface area contributed by atoms with Gasteiger partial charge in [-0.05, 0) is 56.0 Å². The zero-order valence-electron chi connectivity index (χ0n) is 14.3. The summed E-state index contributed by atoms with van der Waals surface area (Å²) in [5.74, 6) is 1.57. The van der Waals surface area contributed by atoms with Crippen LogP contribution in [0.15, 0.2) is 18.2 Å². The molecule has 2 heterocycles. The lowest BCUT2D eigenvalue weighted by molar-refractivity contribution is -0.121. The average Bonchev–Trinajstić information content (AvgIpc) is 2.59. The van der Waals surface area contributed by atoms with E-state index in [1.807, 2.05) is 6.07 Å². The molecule has 2 amide bonds. The summed E-state index contributed by atoms with van der Waals surface area (Å²) in [5.41, 5.74) is 1.39. The van der Waals surface area contributed by atoms with Crippen LogP contribution < -0.4 is 20.3 Å². The molecule has 0 saturated carbocycles. The van der Waals surface area contributed by atoms with E-state index in [0.717, 1.165) is 25.9 Å². The molecule has 24 heavy (non-hydrogen) atoms. The Bertz CT molecular complexity index is 626. The second kappa shape index (κ2) is 7.21. The van der Waals surface area contributed by atoms with Gasteiger partial charge in [0, 0.05) is 19.2 Å². The summed E-state index contributed by atoms with van der Waals surface area (Å²) in [7, 11) is 1.72. The van der Waals surface area contributed by atoms with Gasteiger partial charge in [-0.1, -0.05) is 6.92 Å². The average molecular weight is 331 g/mol. The second-order valence-electron chi connectivity index (χ2n) is 6.74. The molecule has 0 spiro atoms. The molecule has 1 aromatic rings. The number of benzene rings is 1. The molecule has 1 atom stereocenters. The smallest absolute Gasteiger partial charge is 0.264 e. The number of nitrogens with one attached hydrogen (secondary N) is 2. The highest BCUT2D eigenvalue weighted by Gasteiger charge is 2.24. The fraction of sp³-hybridized carbons (Fsp3) is 0.556. The Hall–Kier alpha value is -2.08. The van der Waals surface area contributed by atoms with E-state index in [1.165, 1.54) is 0 Å². The molecule has 6 heteroatoms. The molecule has 0 radical (unpaired) electrons. The van der Waals surface area contributed by atoms with Crippen LogP contribution in [-0.4, -0.2) is 38.6 Å². The van der Waals surface area contributed by atoms with E-state index >= 15 is 0 Å². The third-order valence-corrected chi connectivity index (χ3v) is 5.03. The van der Waals surface area contributed by atoms with Crippen molar-refractivity contribution < 1.29 is 14.3 Å². The lowest BCUT2D eigenvalue weighted by Gasteiger charge is -2.28. The molecule has 0 bridgehead atoms. The fourth-order valence-corrected chi connectivity index (χ4v) is 3.43. The number of rotatable bonds is 4. The van der Waals surface area contributed by atoms with Gasteiger partial charge >= 0.3 is 0 Å². The summed E-state index contributed by atoms with van der Waals surface area (Å²) in [6.07, 6.45) is 2.79. The van der Waals surface area contributed by atoms with Gasteiger partial charge in [0.15, 0.2) is 6.61 Å². The molecule has 3 rings (SSSR count). The van der Waals surface area contributed by atoms with Crippen LogP contribution in [0.3, 0.4) is 0 Å². The highest BCUT2D eigenvalue weighted by atomic mass is 16.5. The third-order valence-electron chi connectivity index (χ3n) is 5.03. The summed E-state index contributed by atoms with van der Waals surface area (Å²) in [6, 6.07) is 5.40. The van der Waals surface area contributed by atoms with Crippen molar-refractivity contribution in [3.8, 4) is 5.75 Å². The second-order valence-corrected chi connectivity index (χ2v) is 6.74. The summed E-state index contributed by atoms with van der Waals surface area (Å²) in [5, 5.41) is 6.30. The molecule has 0 aliphatic carbocycles. The van der Waals surface area contributed by atoms with E-state index in [1.54, 1.807) is 24.1 Å². The Labute approximate surface area is 142 Å². The SMILES string of the molecule is CC(CC(=O)Nc1ccc2c(c1)N(C)C(=O)CO2)C1CCNCC1. The van der Waals surface area contributed by atoms with Crippen LogP contribution in [0.4, 0.5) is 11.4 Å². The normalized spacial score (nSPS) is 19.4. The largest absolute Gasteiger partial charge is 0.482 e. The maximum atomic E-state index is 12.3. The van der Waals surface area contributed by atoms with Crippen LogP contribution in [0.2, 0.25) is 0 Å². The van der Waals surface area contributed by atoms with E-state index < -0.39 is 0 Å². The number of hydrogen-bond donors (Lipinski definition) is 2. The fourth-order valence-electron chi connectivity index (χ4n) is 3.43. The predicted molar refractivity (Wildman–Crippen MR) is 93.4 cm³/mol. The maximum absolute atomic E-state index is 12.3. The Kier molecular flexibility index (Phi) is 5.04. The minimum Gasteiger partial charge on any atom is -0.482 e. The van der Waals surface area contributed by atoms with Crippen LogP contribution in [0.1, 0.15) is 26.2 Å². The topological polar surface area (TPSA) is 70.7 Å². The van der Waals surface area contributed by atoms with Gasteiger partial charge in [-0.15, -0.1) is 0 Å². The van der Waals surface area contributed by atoms with Crippen molar-refractivity contribution in [1.29, 1.82) is 0 Å². The Balaban J connectivity index is 1.61. The molecule has 1 unspecified atom stereocenters. The van der Waals surface area contributed by atoms with Crippen molar-refractivity contribution in [2.45, 2.75) is 26.2 Å². The predicted octanol–water partition coefficient (Wildman–Crippen LogP) is 2.01. The monoisotopic (exact) mass is 331 g/mol. The first kappa shape index (κ1) is 16.8. The number of anilines is 2. The van der Waals surface area contributed by atoms with E-state index in [0.29, 0.717) is 35.4 Å². The van der Waals surface area contributed by atoms with Gasteiger partial charge in [-0.3, -0.25) is 9.59 Å². The summed E-state index contributed by atoms with van der Waals surface area (Å²) >= 11 is 0. The molecule has 2 N–H and O–H groups in total. The number of fused-ring (bicyclic) bond motifs is 1. The van der Waals surface area contributed by atoms with Crippen molar-refractivity contribution in [3.05, 3.63) is 18.2 Å². The minimum absolute atomic E-state index is 0.0201. The molecule has 6 nitrogen and oxygen atoms in total. The van der Waals surface area contributed by atoms with Crippen LogP contribution in [0, 0.1) is 11.8 Å². The molecule has 2 aliphatic rings. The molecule has 2 aliphatic heterocycles. The molecule has 1 aromatic carbocycles. The van der Waals surface area contributed by atoms with Gasteiger partial charge < -0.3 is 20.3 Å². The van der Waals surface area contributed by atoms with Crippen LogP contribution in [-0.2, 0) is 9.59 Å². The van der Waals surface area contributed by atoms with Crippen molar-refractivity contribution in [3.63, 3.8) is 0 Å². The number of likely N-dealkylation sites (N-methyl/N-ethyl adjacent to an activating group) is 1. The van der Waals surface area contributed by atoms with E-state index in [-0.39, 0.29) is 18.4 Å². The highest BCUT2D eigenvalue weighted by molar-refractivity contribution is 5.99. The molecular weight excluding hydrogens is 306 g/mol. The van der Waals surface area contributed by atoms with Crippen LogP contribution in [0.25, 0.3) is 0 Å². The first-order chi connectivity index (χ1) is 11.5. The number of amides is 2. The quantitative estimate of drug-likeness (QED) is 0.885. The minimum atomic E-state index is -0.0921. The molecule has 1 fully saturated rings. The molecular formula is C18H25N3O3. The highest BCUT2D eigenvalue weighted by Crippen LogP contribution is 2.34. The van der Waals surface area contributed by atoms with Gasteiger partial charge in [-0.2, -0.15) is 0 Å². The third kappa shape index (κ3) is 3.70. The zero-order valence-corrected chi connectivity index (χ0v) is 14.3. The number of hydrogen-bond acceptors (Lipinski definition) is 4. The van der Waals surface area contributed by atoms with Gasteiger partial charge in [-0.25, -0.2) is 0 Å². The van der Waals surface area contributed by atoms with Crippen LogP contribution in [0.5, 0.6) is 5.75 Å². The number of nitrogens with zero attached hydrogens (tertiary/aromatic N) is 1. The number of ether oxygens (including phenoxy) is 1. The molecule has 0 aromatic heterocycles. The number of carbonyl (C=O) groups excluding carboxylic acids is 2. The van der Waals surface area contributed by atoms with E-state index in [4.69, 9.17) is 4.74 Å². The Morgan fingerprint density at radius 3 is 2.92 bits per heavy atom. The Morgan fingerprint density at radius 1 is 1.42 bits per heavy atom. The Morgan fingerprint density at radius 2 is 2.17 bits per heavy atom. The van der Waals surface area contributed by atoms with Crippen molar-refractivity contribution in [1.82, 2.24) is 5.32 Å². The number of carbonyl (C=O) groups is 2. The molecule has 130 valence electrons. The standard InChI is InChI=1S/C18H25N3O3/c1-12(13-5-7-19-8-6-13)9-17(22)20-14-3-4-16-15(10-14)21(2)18(23)11-24-16/h3-4,10,12-13,19H,5-9,11H2,1-2H3,(H,20,22). The summed E-state index contributed by atoms with van der Waals surface area (Å²) < 4.78 is 5.40. The summed E-state index contributed by atoms with van der Waals surface area (Å²) in [6.45, 7) is 4.30. The molecule has 1 saturated heterocycles. The zero-order chi connectivity index (χ0) is 17.1. The first-order valence-corrected chi connectivity index (χ1v) is 8.58. The van der Waals surface area contributed by atoms with Crippen molar-refractivity contribution >= 4 is 23.2 Å². The van der Waals surface area contributed by atoms with Gasteiger partial charge in [0.05, 0.1) is 5.69 Å². The first-order valence-electron chi connectivity index (χ1n) is 8.58. The van der Waals surface area contributed by atoms with Crippen molar-refractivity contribution in [2.75, 3.05) is 37.0 Å². The van der Waals surface area contributed by atoms with Crippen LogP contribution >= 0.6 is 0 Å². The maximum Gasteiger partial charge on any atom is 0.264 e. The van der Waals surface area contributed by atoms with E-state index in [9.17, 15) is 9.59 Å². The van der Waals surface area contributed by atoms with Gasteiger partial charge in [0.25, 0.3) is 5.91 Å². The number of piperidine rings is 1.